The quantitative estimate of drug-likeness (QED) is 0.856. The summed E-state index contributed by atoms with van der Waals surface area (Å²) in [5, 5.41) is 9.63. The zero-order chi connectivity index (χ0) is 15.2. The van der Waals surface area contributed by atoms with Crippen molar-refractivity contribution in [3.8, 4) is 5.75 Å². The van der Waals surface area contributed by atoms with Crippen LogP contribution in [-0.2, 0) is 11.2 Å². The smallest absolute Gasteiger partial charge is 0.307 e. The lowest BCUT2D eigenvalue weighted by atomic mass is 9.73. The van der Waals surface area contributed by atoms with Gasteiger partial charge in [0.25, 0.3) is 0 Å². The highest BCUT2D eigenvalue weighted by Gasteiger charge is 2.32. The molecule has 116 valence electrons. The summed E-state index contributed by atoms with van der Waals surface area (Å²) in [6.45, 7) is 2.23. The molecule has 1 atom stereocenters. The molecule has 0 aromatic heterocycles. The molecule has 21 heavy (non-hydrogen) atoms. The van der Waals surface area contributed by atoms with Gasteiger partial charge in [0, 0.05) is 0 Å². The van der Waals surface area contributed by atoms with Gasteiger partial charge in [0.15, 0.2) is 0 Å². The number of methoxy groups -OCH3 is 1. The third kappa shape index (κ3) is 3.99. The highest BCUT2D eigenvalue weighted by Crippen LogP contribution is 2.37. The van der Waals surface area contributed by atoms with Crippen molar-refractivity contribution in [1.29, 1.82) is 0 Å². The van der Waals surface area contributed by atoms with E-state index in [0.29, 0.717) is 12.3 Å². The van der Waals surface area contributed by atoms with E-state index in [1.807, 2.05) is 24.3 Å². The van der Waals surface area contributed by atoms with Crippen LogP contribution < -0.4 is 4.74 Å². The van der Waals surface area contributed by atoms with Crippen LogP contribution >= 0.6 is 0 Å². The lowest BCUT2D eigenvalue weighted by Gasteiger charge is -2.31. The zero-order valence-electron chi connectivity index (χ0n) is 13.0. The van der Waals surface area contributed by atoms with Crippen molar-refractivity contribution in [3.63, 3.8) is 0 Å². The predicted molar refractivity (Wildman–Crippen MR) is 83.6 cm³/mol. The van der Waals surface area contributed by atoms with Gasteiger partial charge >= 0.3 is 5.97 Å². The maximum absolute atomic E-state index is 11.7. The molecule has 1 N–H and O–H groups in total. The number of ether oxygens (including phenoxy) is 1. The molecule has 0 saturated heterocycles. The number of benzene rings is 1. The average molecular weight is 290 g/mol. The Morgan fingerprint density at radius 3 is 2.52 bits per heavy atom. The maximum Gasteiger partial charge on any atom is 0.307 e. The van der Waals surface area contributed by atoms with Crippen molar-refractivity contribution in [2.45, 2.75) is 45.4 Å². The predicted octanol–water partition coefficient (Wildman–Crippen LogP) is 4.15. The summed E-state index contributed by atoms with van der Waals surface area (Å²) in [4.78, 5) is 11.7. The van der Waals surface area contributed by atoms with Crippen molar-refractivity contribution < 1.29 is 14.6 Å². The molecule has 1 unspecified atom stereocenters. The molecular formula is C18H26O3. The summed E-state index contributed by atoms with van der Waals surface area (Å²) >= 11 is 0. The van der Waals surface area contributed by atoms with E-state index in [9.17, 15) is 9.90 Å². The Morgan fingerprint density at radius 1 is 1.29 bits per heavy atom. The lowest BCUT2D eigenvalue weighted by Crippen LogP contribution is -2.29. The van der Waals surface area contributed by atoms with Gasteiger partial charge in [0.1, 0.15) is 5.75 Å². The number of hydrogen-bond acceptors (Lipinski definition) is 2. The van der Waals surface area contributed by atoms with Gasteiger partial charge in [-0.15, -0.1) is 0 Å². The normalized spacial score (nSPS) is 23.5. The molecule has 0 bridgehead atoms. The van der Waals surface area contributed by atoms with Crippen molar-refractivity contribution in [1.82, 2.24) is 0 Å². The van der Waals surface area contributed by atoms with Crippen LogP contribution in [0, 0.1) is 17.8 Å². The molecule has 0 aliphatic heterocycles. The Labute approximate surface area is 127 Å². The molecule has 3 nitrogen and oxygen atoms in total. The van der Waals surface area contributed by atoms with Crippen molar-refractivity contribution in [3.05, 3.63) is 29.8 Å². The van der Waals surface area contributed by atoms with E-state index >= 15 is 0 Å². The molecule has 1 fully saturated rings. The second-order valence-electron chi connectivity index (χ2n) is 6.15. The van der Waals surface area contributed by atoms with Gasteiger partial charge in [0.2, 0.25) is 0 Å². The lowest BCUT2D eigenvalue weighted by molar-refractivity contribution is -0.144. The number of carboxylic acid groups (broad SMARTS) is 1. The molecule has 1 aromatic rings. The largest absolute Gasteiger partial charge is 0.496 e. The van der Waals surface area contributed by atoms with Crippen LogP contribution in [0.5, 0.6) is 5.75 Å². The Morgan fingerprint density at radius 2 is 1.95 bits per heavy atom. The van der Waals surface area contributed by atoms with E-state index in [0.717, 1.165) is 30.1 Å². The van der Waals surface area contributed by atoms with Gasteiger partial charge in [0.05, 0.1) is 13.0 Å². The van der Waals surface area contributed by atoms with Crippen LogP contribution in [0.15, 0.2) is 24.3 Å². The van der Waals surface area contributed by atoms with Crippen LogP contribution in [0.3, 0.4) is 0 Å². The molecule has 0 heterocycles. The Balaban J connectivity index is 2.08. The first-order valence-electron chi connectivity index (χ1n) is 8.00. The van der Waals surface area contributed by atoms with Gasteiger partial charge in [-0.25, -0.2) is 0 Å². The Hall–Kier alpha value is -1.51. The Bertz CT molecular complexity index is 461. The van der Waals surface area contributed by atoms with E-state index in [4.69, 9.17) is 4.74 Å². The monoisotopic (exact) mass is 290 g/mol. The second-order valence-corrected chi connectivity index (χ2v) is 6.15. The third-order valence-corrected chi connectivity index (χ3v) is 4.99. The molecule has 3 heteroatoms. The summed E-state index contributed by atoms with van der Waals surface area (Å²) in [7, 11) is 1.64. The number of aliphatic carboxylic acids is 1. The first kappa shape index (κ1) is 15.9. The van der Waals surface area contributed by atoms with E-state index < -0.39 is 5.97 Å². The first-order chi connectivity index (χ1) is 10.2. The molecule has 0 spiro atoms. The van der Waals surface area contributed by atoms with Crippen LogP contribution in [-0.4, -0.2) is 18.2 Å². The standard InChI is InChI=1S/C18H26O3/c1-3-13-8-10-14(11-9-13)16(18(19)20)12-15-6-4-5-7-17(15)21-2/h4-7,13-14,16H,3,8-12H2,1-2H3,(H,19,20). The number of hydrogen-bond donors (Lipinski definition) is 1. The molecule has 1 aliphatic carbocycles. The van der Waals surface area contributed by atoms with E-state index in [1.165, 1.54) is 19.3 Å². The highest BCUT2D eigenvalue weighted by atomic mass is 16.5. The van der Waals surface area contributed by atoms with Crippen molar-refractivity contribution in [2.75, 3.05) is 7.11 Å². The average Bonchev–Trinajstić information content (AvgIpc) is 2.53. The highest BCUT2D eigenvalue weighted by molar-refractivity contribution is 5.71. The molecule has 0 amide bonds. The summed E-state index contributed by atoms with van der Waals surface area (Å²) in [5.74, 6) is 0.933. The number of carbonyl (C=O) groups is 1. The SMILES string of the molecule is CCC1CCC(C(Cc2ccccc2OC)C(=O)O)CC1. The molecular weight excluding hydrogens is 264 g/mol. The minimum absolute atomic E-state index is 0.292. The van der Waals surface area contributed by atoms with Crippen LogP contribution in [0.2, 0.25) is 0 Å². The molecule has 2 rings (SSSR count). The third-order valence-electron chi connectivity index (χ3n) is 4.99. The fourth-order valence-corrected chi connectivity index (χ4v) is 3.56. The summed E-state index contributed by atoms with van der Waals surface area (Å²) in [6, 6.07) is 7.75. The first-order valence-corrected chi connectivity index (χ1v) is 8.00. The van der Waals surface area contributed by atoms with Crippen LogP contribution in [0.4, 0.5) is 0 Å². The van der Waals surface area contributed by atoms with Crippen LogP contribution in [0.1, 0.15) is 44.6 Å². The minimum atomic E-state index is -0.666. The second kappa shape index (κ2) is 7.48. The fraction of sp³-hybridized carbons (Fsp3) is 0.611. The van der Waals surface area contributed by atoms with Gasteiger partial charge in [-0.2, -0.15) is 0 Å². The van der Waals surface area contributed by atoms with E-state index in [2.05, 4.69) is 6.92 Å². The molecule has 1 aliphatic rings. The van der Waals surface area contributed by atoms with E-state index in [1.54, 1.807) is 7.11 Å². The number of para-hydroxylation sites is 1. The van der Waals surface area contributed by atoms with Gasteiger partial charge in [-0.05, 0) is 42.7 Å². The van der Waals surface area contributed by atoms with Crippen LogP contribution in [0.25, 0.3) is 0 Å². The zero-order valence-corrected chi connectivity index (χ0v) is 13.0. The maximum atomic E-state index is 11.7. The number of rotatable bonds is 6. The summed E-state index contributed by atoms with van der Waals surface area (Å²) < 4.78 is 5.35. The molecule has 1 aromatic carbocycles. The van der Waals surface area contributed by atoms with Gasteiger partial charge in [-0.1, -0.05) is 44.4 Å². The molecule has 1 saturated carbocycles. The van der Waals surface area contributed by atoms with Gasteiger partial charge < -0.3 is 9.84 Å². The topological polar surface area (TPSA) is 46.5 Å². The van der Waals surface area contributed by atoms with Gasteiger partial charge in [-0.3, -0.25) is 4.79 Å². The summed E-state index contributed by atoms with van der Waals surface area (Å²) in [6.07, 6.45) is 6.24. The fourth-order valence-electron chi connectivity index (χ4n) is 3.56. The molecule has 0 radical (unpaired) electrons. The van der Waals surface area contributed by atoms with E-state index in [-0.39, 0.29) is 5.92 Å². The summed E-state index contributed by atoms with van der Waals surface area (Å²) in [5.41, 5.74) is 1.00. The van der Waals surface area contributed by atoms with Crippen molar-refractivity contribution in [2.24, 2.45) is 17.8 Å². The Kier molecular flexibility index (Phi) is 5.66. The minimum Gasteiger partial charge on any atom is -0.496 e. The van der Waals surface area contributed by atoms with Crippen molar-refractivity contribution >= 4 is 5.97 Å². The number of carboxylic acids is 1.